The van der Waals surface area contributed by atoms with Crippen LogP contribution in [0, 0.1) is 17.3 Å². The van der Waals surface area contributed by atoms with E-state index < -0.39 is 38.9 Å². The quantitative estimate of drug-likeness (QED) is 0.0753. The first-order valence-electron chi connectivity index (χ1n) is 21.8. The molecule has 2 aromatic carbocycles. The fourth-order valence-corrected chi connectivity index (χ4v) is 9.98. The number of likely N-dealkylation sites (tertiary alicyclic amines) is 1. The van der Waals surface area contributed by atoms with Gasteiger partial charge in [0.15, 0.2) is 0 Å². The number of nitrogens with one attached hydrogen (secondary N) is 3. The second-order valence-corrected chi connectivity index (χ2v) is 20.3. The lowest BCUT2D eigenvalue weighted by Gasteiger charge is -2.28. The molecule has 1 aliphatic heterocycles. The minimum absolute atomic E-state index is 0.127. The number of fused-ring (bicyclic) bond motifs is 1. The van der Waals surface area contributed by atoms with Gasteiger partial charge in [-0.15, -0.1) is 0 Å². The van der Waals surface area contributed by atoms with Crippen LogP contribution < -0.4 is 24.8 Å². The van der Waals surface area contributed by atoms with Crippen LogP contribution >= 0.6 is 0 Å². The number of benzene rings is 2. The third-order valence-electron chi connectivity index (χ3n) is 12.3. The molecular formula is C46H63N5O9S. The molecule has 1 unspecified atom stereocenters. The van der Waals surface area contributed by atoms with Crippen molar-refractivity contribution in [3.63, 3.8) is 0 Å². The van der Waals surface area contributed by atoms with E-state index in [0.29, 0.717) is 63.0 Å². The first-order valence-corrected chi connectivity index (χ1v) is 23.3. The van der Waals surface area contributed by atoms with Crippen molar-refractivity contribution in [3.05, 3.63) is 54.6 Å². The van der Waals surface area contributed by atoms with Crippen molar-refractivity contribution in [2.45, 2.75) is 134 Å². The number of carbonyl (C=O) groups is 4. The Bertz CT molecular complexity index is 2140. The van der Waals surface area contributed by atoms with Gasteiger partial charge in [-0.05, 0) is 62.0 Å². The Hall–Kier alpha value is -4.92. The second kappa shape index (κ2) is 19.4. The summed E-state index contributed by atoms with van der Waals surface area (Å²) >= 11 is 0. The maximum atomic E-state index is 14.3. The van der Waals surface area contributed by atoms with E-state index in [1.54, 1.807) is 7.11 Å². The van der Waals surface area contributed by atoms with Crippen molar-refractivity contribution in [1.82, 2.24) is 25.2 Å². The number of hydrogen-bond acceptors (Lipinski definition) is 10. The zero-order valence-corrected chi connectivity index (χ0v) is 37.2. The highest BCUT2D eigenvalue weighted by Crippen LogP contribution is 2.53. The molecule has 3 aromatic rings. The molecule has 332 valence electrons. The highest BCUT2D eigenvalue weighted by atomic mass is 32.2. The Labute approximate surface area is 360 Å². The summed E-state index contributed by atoms with van der Waals surface area (Å²) in [7, 11) is -2.10. The third kappa shape index (κ3) is 11.3. The molecule has 0 bridgehead atoms. The van der Waals surface area contributed by atoms with Gasteiger partial charge in [0.25, 0.3) is 5.91 Å². The average molecular weight is 862 g/mol. The highest BCUT2D eigenvalue weighted by molar-refractivity contribution is 7.91. The molecule has 0 spiro atoms. The Balaban J connectivity index is 1.03. The molecule has 2 heterocycles. The van der Waals surface area contributed by atoms with Crippen LogP contribution in [0.2, 0.25) is 0 Å². The van der Waals surface area contributed by atoms with Gasteiger partial charge in [-0.1, -0.05) is 96.6 Å². The molecule has 2 saturated carbocycles. The summed E-state index contributed by atoms with van der Waals surface area (Å²) in [4.78, 5) is 58.5. The van der Waals surface area contributed by atoms with Crippen molar-refractivity contribution in [3.8, 4) is 22.8 Å². The van der Waals surface area contributed by atoms with E-state index in [9.17, 15) is 27.6 Å². The van der Waals surface area contributed by atoms with E-state index in [0.717, 1.165) is 54.3 Å². The number of unbranched alkanes of at least 4 members (excludes halogenated alkanes) is 5. The molecule has 2 aliphatic carbocycles. The van der Waals surface area contributed by atoms with E-state index in [2.05, 4.69) is 15.4 Å². The smallest absolute Gasteiger partial charge is 0.407 e. The van der Waals surface area contributed by atoms with Crippen LogP contribution in [0.25, 0.3) is 22.2 Å². The Morgan fingerprint density at radius 3 is 2.36 bits per heavy atom. The average Bonchev–Trinajstić information content (AvgIpc) is 4.14. The SMILES string of the molecule is COc1ccc2c(O[C@@H]3C[C@@H](C)N(C(=O)[C@H](CCCCCCCCC4[C@H](C)[C@]4(NC=O)C(=O)NS(=O)(=O)C4CC4)NC(=O)OCC(C)(C)C)C3)cc(-c3ccccc3)nc2c1. The number of hydrogen-bond donors (Lipinski definition) is 3. The van der Waals surface area contributed by atoms with Gasteiger partial charge in [0.1, 0.15) is 29.2 Å². The maximum Gasteiger partial charge on any atom is 0.407 e. The molecule has 1 aromatic heterocycles. The largest absolute Gasteiger partial charge is 0.497 e. The van der Waals surface area contributed by atoms with Crippen molar-refractivity contribution in [2.24, 2.45) is 17.3 Å². The molecule has 0 radical (unpaired) electrons. The van der Waals surface area contributed by atoms with Gasteiger partial charge >= 0.3 is 6.09 Å². The molecule has 1 saturated heterocycles. The topological polar surface area (TPSA) is 182 Å². The van der Waals surface area contributed by atoms with Gasteiger partial charge in [-0.3, -0.25) is 19.1 Å². The molecule has 6 atom stereocenters. The number of amides is 4. The Morgan fingerprint density at radius 1 is 0.984 bits per heavy atom. The molecule has 61 heavy (non-hydrogen) atoms. The van der Waals surface area contributed by atoms with E-state index in [-0.39, 0.29) is 41.9 Å². The fraction of sp³-hybridized carbons (Fsp3) is 0.587. The number of nitrogens with zero attached hydrogens (tertiary/aromatic N) is 2. The first kappa shape index (κ1) is 45.6. The molecular weight excluding hydrogens is 799 g/mol. The van der Waals surface area contributed by atoms with Crippen LogP contribution in [0.3, 0.4) is 0 Å². The van der Waals surface area contributed by atoms with E-state index >= 15 is 0 Å². The number of sulfonamides is 1. The number of rotatable bonds is 21. The summed E-state index contributed by atoms with van der Waals surface area (Å²) in [5, 5.41) is 5.84. The molecule has 14 nitrogen and oxygen atoms in total. The van der Waals surface area contributed by atoms with Gasteiger partial charge in [-0.2, -0.15) is 0 Å². The van der Waals surface area contributed by atoms with Crippen molar-refractivity contribution < 1.29 is 41.8 Å². The normalized spacial score (nSPS) is 22.9. The number of alkyl carbamates (subject to hydrolysis) is 1. The number of aromatic nitrogens is 1. The first-order chi connectivity index (χ1) is 29.1. The summed E-state index contributed by atoms with van der Waals surface area (Å²) in [5.74, 6) is 0.247. The van der Waals surface area contributed by atoms with Gasteiger partial charge < -0.3 is 29.7 Å². The maximum absolute atomic E-state index is 14.3. The van der Waals surface area contributed by atoms with Crippen molar-refractivity contribution in [1.29, 1.82) is 0 Å². The molecule has 3 fully saturated rings. The van der Waals surface area contributed by atoms with Gasteiger partial charge in [0.05, 0.1) is 36.7 Å². The zero-order valence-electron chi connectivity index (χ0n) is 36.4. The molecule has 15 heteroatoms. The number of ether oxygens (including phenoxy) is 3. The minimum Gasteiger partial charge on any atom is -0.497 e. The third-order valence-corrected chi connectivity index (χ3v) is 14.1. The van der Waals surface area contributed by atoms with Crippen LogP contribution in [0.4, 0.5) is 4.79 Å². The lowest BCUT2D eigenvalue weighted by atomic mass is 9.99. The van der Waals surface area contributed by atoms with Crippen molar-refractivity contribution in [2.75, 3.05) is 20.3 Å². The summed E-state index contributed by atoms with van der Waals surface area (Å²) in [6.45, 7) is 10.4. The summed E-state index contributed by atoms with van der Waals surface area (Å²) < 4.78 is 44.8. The number of pyridine rings is 1. The van der Waals surface area contributed by atoms with Gasteiger partial charge in [0, 0.05) is 35.5 Å². The number of methoxy groups -OCH3 is 1. The standard InChI is InChI=1S/C46H63N5O9S/c1-30-24-34(60-41-26-39(32-16-12-11-13-17-32)48-40-25-33(58-6)20-23-36(40)41)27-51(30)42(53)38(49-44(55)59-28-45(3,4)5)19-15-10-8-7-9-14-18-37-31(2)46(37,47-29-52)43(54)50-61(56,57)35-21-22-35/h11-13,16-17,20,23,25-26,29-31,34-35,37-38H,7-10,14-15,18-19,21-22,24,27-28H2,1-6H3,(H,47,52)(H,49,55)(H,50,54)/t30-,31+,34-,37?,38+,46-/m1/s1. The molecule has 3 aliphatic rings. The van der Waals surface area contributed by atoms with E-state index in [4.69, 9.17) is 19.2 Å². The van der Waals surface area contributed by atoms with Crippen LogP contribution in [-0.2, 0) is 29.1 Å². The Morgan fingerprint density at radius 2 is 1.69 bits per heavy atom. The van der Waals surface area contributed by atoms with E-state index in [1.165, 1.54) is 0 Å². The minimum atomic E-state index is -3.72. The molecule has 3 N–H and O–H groups in total. The van der Waals surface area contributed by atoms with Gasteiger partial charge in [0.2, 0.25) is 22.3 Å². The predicted octanol–water partition coefficient (Wildman–Crippen LogP) is 6.90. The van der Waals surface area contributed by atoms with Crippen LogP contribution in [0.15, 0.2) is 54.6 Å². The van der Waals surface area contributed by atoms with Crippen molar-refractivity contribution >= 4 is 45.2 Å². The van der Waals surface area contributed by atoms with Crippen LogP contribution in [0.5, 0.6) is 11.5 Å². The summed E-state index contributed by atoms with van der Waals surface area (Å²) in [6.07, 6.45) is 7.57. The lowest BCUT2D eigenvalue weighted by molar-refractivity contribution is -0.134. The van der Waals surface area contributed by atoms with Crippen LogP contribution in [0.1, 0.15) is 105 Å². The van der Waals surface area contributed by atoms with Crippen LogP contribution in [-0.4, -0.2) is 91.9 Å². The molecule has 4 amide bonds. The monoisotopic (exact) mass is 861 g/mol. The fourth-order valence-electron chi connectivity index (χ4n) is 8.63. The number of carbonyl (C=O) groups excluding carboxylic acids is 4. The van der Waals surface area contributed by atoms with E-state index in [1.807, 2.05) is 94.1 Å². The Kier molecular flexibility index (Phi) is 14.5. The summed E-state index contributed by atoms with van der Waals surface area (Å²) in [5.41, 5.74) is 1.03. The molecule has 6 rings (SSSR count). The van der Waals surface area contributed by atoms with Gasteiger partial charge in [-0.25, -0.2) is 18.2 Å². The highest BCUT2D eigenvalue weighted by Gasteiger charge is 2.67. The predicted molar refractivity (Wildman–Crippen MR) is 233 cm³/mol. The zero-order chi connectivity index (χ0) is 44.0. The lowest BCUT2D eigenvalue weighted by Crippen LogP contribution is -2.51. The second-order valence-electron chi connectivity index (χ2n) is 18.3. The summed E-state index contributed by atoms with van der Waals surface area (Å²) in [6, 6.07) is 16.7.